The number of ether oxygens (including phenoxy) is 1. The first-order valence-corrected chi connectivity index (χ1v) is 8.00. The van der Waals surface area contributed by atoms with Crippen molar-refractivity contribution < 1.29 is 4.74 Å². The number of hydrogen-bond donors (Lipinski definition) is 1. The van der Waals surface area contributed by atoms with Crippen LogP contribution in [0.15, 0.2) is 11.6 Å². The molecule has 3 heteroatoms. The van der Waals surface area contributed by atoms with Gasteiger partial charge in [0.05, 0.1) is 18.8 Å². The number of nitrogens with zero attached hydrogens (tertiary/aromatic N) is 1. The van der Waals surface area contributed by atoms with Crippen molar-refractivity contribution in [2.24, 2.45) is 0 Å². The Morgan fingerprint density at radius 2 is 2.26 bits per heavy atom. The van der Waals surface area contributed by atoms with Crippen molar-refractivity contribution in [1.29, 1.82) is 0 Å². The van der Waals surface area contributed by atoms with Gasteiger partial charge in [-0.15, -0.1) is 0 Å². The van der Waals surface area contributed by atoms with E-state index in [2.05, 4.69) is 37.1 Å². The van der Waals surface area contributed by atoms with Crippen molar-refractivity contribution in [3.63, 3.8) is 0 Å². The zero-order valence-corrected chi connectivity index (χ0v) is 12.8. The van der Waals surface area contributed by atoms with E-state index in [1.807, 2.05) is 0 Å². The Balaban J connectivity index is 2.03. The minimum absolute atomic E-state index is 0.320. The molecule has 0 amide bonds. The number of hydrogen-bond acceptors (Lipinski definition) is 3. The monoisotopic (exact) mass is 266 g/mol. The number of nitrogens with one attached hydrogen (secondary N) is 1. The molecule has 110 valence electrons. The Morgan fingerprint density at radius 1 is 1.42 bits per heavy atom. The molecule has 0 saturated carbocycles. The first-order chi connectivity index (χ1) is 9.22. The molecule has 0 aromatic carbocycles. The summed E-state index contributed by atoms with van der Waals surface area (Å²) in [6.45, 7) is 10.8. The van der Waals surface area contributed by atoms with Crippen LogP contribution in [0, 0.1) is 0 Å². The molecular weight excluding hydrogens is 236 g/mol. The normalized spacial score (nSPS) is 27.4. The molecular formula is C16H30N2O. The van der Waals surface area contributed by atoms with E-state index in [9.17, 15) is 0 Å². The van der Waals surface area contributed by atoms with Gasteiger partial charge in [-0.2, -0.15) is 0 Å². The molecule has 1 aliphatic carbocycles. The van der Waals surface area contributed by atoms with E-state index >= 15 is 0 Å². The van der Waals surface area contributed by atoms with Gasteiger partial charge >= 0.3 is 0 Å². The second kappa shape index (κ2) is 7.41. The average Bonchev–Trinajstić information content (AvgIpc) is 2.46. The lowest BCUT2D eigenvalue weighted by Gasteiger charge is -2.40. The van der Waals surface area contributed by atoms with Crippen molar-refractivity contribution in [1.82, 2.24) is 10.2 Å². The molecule has 0 spiro atoms. The summed E-state index contributed by atoms with van der Waals surface area (Å²) in [6, 6.07) is 1.04. The van der Waals surface area contributed by atoms with Gasteiger partial charge in [0, 0.05) is 19.1 Å². The molecule has 1 aliphatic heterocycles. The number of allylic oxidation sites excluding steroid dienone is 1. The van der Waals surface area contributed by atoms with Crippen LogP contribution in [0.5, 0.6) is 0 Å². The molecule has 2 rings (SSSR count). The maximum atomic E-state index is 6.08. The van der Waals surface area contributed by atoms with Crippen LogP contribution in [0.25, 0.3) is 0 Å². The van der Waals surface area contributed by atoms with Gasteiger partial charge in [0.15, 0.2) is 0 Å². The number of likely N-dealkylation sites (N-methyl/N-ethyl adjacent to an activating group) is 1. The Morgan fingerprint density at radius 3 is 2.89 bits per heavy atom. The Bertz CT molecular complexity index is 301. The second-order valence-corrected chi connectivity index (χ2v) is 6.06. The van der Waals surface area contributed by atoms with Gasteiger partial charge in [0.1, 0.15) is 0 Å². The predicted octanol–water partition coefficient (Wildman–Crippen LogP) is 2.57. The van der Waals surface area contributed by atoms with Crippen molar-refractivity contribution in [2.45, 2.75) is 64.6 Å². The molecule has 3 nitrogen and oxygen atoms in total. The fourth-order valence-electron chi connectivity index (χ4n) is 3.23. The summed E-state index contributed by atoms with van der Waals surface area (Å²) >= 11 is 0. The van der Waals surface area contributed by atoms with Crippen molar-refractivity contribution in [2.75, 3.05) is 26.2 Å². The number of rotatable bonds is 5. The van der Waals surface area contributed by atoms with Crippen LogP contribution in [-0.2, 0) is 4.74 Å². The maximum absolute atomic E-state index is 6.08. The topological polar surface area (TPSA) is 24.5 Å². The summed E-state index contributed by atoms with van der Waals surface area (Å²) in [7, 11) is 0. The lowest BCUT2D eigenvalue weighted by molar-refractivity contribution is -0.0501. The lowest BCUT2D eigenvalue weighted by atomic mass is 9.90. The Labute approximate surface area is 118 Å². The summed E-state index contributed by atoms with van der Waals surface area (Å²) in [4.78, 5) is 2.54. The van der Waals surface area contributed by atoms with Gasteiger partial charge in [0.25, 0.3) is 0 Å². The zero-order chi connectivity index (χ0) is 13.7. The minimum Gasteiger partial charge on any atom is -0.374 e. The third-order valence-electron chi connectivity index (χ3n) is 4.38. The van der Waals surface area contributed by atoms with E-state index in [0.29, 0.717) is 18.2 Å². The van der Waals surface area contributed by atoms with E-state index in [1.165, 1.54) is 25.7 Å². The summed E-state index contributed by atoms with van der Waals surface area (Å²) in [6.07, 6.45) is 7.96. The van der Waals surface area contributed by atoms with E-state index in [0.717, 1.165) is 26.2 Å². The van der Waals surface area contributed by atoms with Crippen LogP contribution in [0.4, 0.5) is 0 Å². The minimum atomic E-state index is 0.320. The van der Waals surface area contributed by atoms with Gasteiger partial charge in [-0.3, -0.25) is 4.90 Å². The molecule has 1 saturated heterocycles. The lowest BCUT2D eigenvalue weighted by Crippen LogP contribution is -2.54. The quantitative estimate of drug-likeness (QED) is 0.774. The standard InChI is InChI=1S/C16H30N2O/c1-4-17-16(14-8-6-5-7-9-14)15-12-18(13(2)3)10-11-19-15/h8,13,15-17H,4-7,9-12H2,1-3H3. The molecule has 2 aliphatic rings. The summed E-state index contributed by atoms with van der Waals surface area (Å²) < 4.78 is 6.08. The Kier molecular flexibility index (Phi) is 5.86. The molecule has 0 radical (unpaired) electrons. The van der Waals surface area contributed by atoms with Crippen molar-refractivity contribution >= 4 is 0 Å². The van der Waals surface area contributed by atoms with Crippen molar-refractivity contribution in [3.05, 3.63) is 11.6 Å². The highest BCUT2D eigenvalue weighted by Crippen LogP contribution is 2.25. The summed E-state index contributed by atoms with van der Waals surface area (Å²) in [5, 5.41) is 3.66. The van der Waals surface area contributed by atoms with Crippen LogP contribution in [0.1, 0.15) is 46.5 Å². The third-order valence-corrected chi connectivity index (χ3v) is 4.38. The molecule has 1 heterocycles. The van der Waals surface area contributed by atoms with Gasteiger partial charge in [0.2, 0.25) is 0 Å². The summed E-state index contributed by atoms with van der Waals surface area (Å²) in [5.74, 6) is 0. The molecule has 0 aromatic rings. The third kappa shape index (κ3) is 4.04. The number of morpholine rings is 1. The molecule has 0 bridgehead atoms. The largest absolute Gasteiger partial charge is 0.374 e. The summed E-state index contributed by atoms with van der Waals surface area (Å²) in [5.41, 5.74) is 1.59. The second-order valence-electron chi connectivity index (χ2n) is 6.06. The molecule has 2 atom stereocenters. The molecule has 1 fully saturated rings. The predicted molar refractivity (Wildman–Crippen MR) is 80.5 cm³/mol. The van der Waals surface area contributed by atoms with Crippen LogP contribution >= 0.6 is 0 Å². The van der Waals surface area contributed by atoms with Gasteiger partial charge in [-0.1, -0.05) is 18.6 Å². The highest BCUT2D eigenvalue weighted by atomic mass is 16.5. The van der Waals surface area contributed by atoms with E-state index in [1.54, 1.807) is 5.57 Å². The van der Waals surface area contributed by atoms with E-state index < -0.39 is 0 Å². The van der Waals surface area contributed by atoms with Crippen molar-refractivity contribution in [3.8, 4) is 0 Å². The zero-order valence-electron chi connectivity index (χ0n) is 12.8. The van der Waals surface area contributed by atoms with Crippen LogP contribution < -0.4 is 5.32 Å². The van der Waals surface area contributed by atoms with Crippen LogP contribution in [0.3, 0.4) is 0 Å². The highest BCUT2D eigenvalue weighted by molar-refractivity contribution is 5.16. The van der Waals surface area contributed by atoms with Crippen LogP contribution in [-0.4, -0.2) is 49.3 Å². The highest BCUT2D eigenvalue weighted by Gasteiger charge is 2.31. The van der Waals surface area contributed by atoms with E-state index in [4.69, 9.17) is 4.74 Å². The maximum Gasteiger partial charge on any atom is 0.0893 e. The van der Waals surface area contributed by atoms with E-state index in [-0.39, 0.29) is 0 Å². The van der Waals surface area contributed by atoms with Gasteiger partial charge in [-0.25, -0.2) is 0 Å². The van der Waals surface area contributed by atoms with Gasteiger partial charge < -0.3 is 10.1 Å². The SMILES string of the molecule is CCNC(C1=CCCCC1)C1CN(C(C)C)CCO1. The van der Waals surface area contributed by atoms with Crippen LogP contribution in [0.2, 0.25) is 0 Å². The first kappa shape index (κ1) is 15.0. The smallest absolute Gasteiger partial charge is 0.0893 e. The molecule has 0 aromatic heterocycles. The average molecular weight is 266 g/mol. The first-order valence-electron chi connectivity index (χ1n) is 8.00. The molecule has 1 N–H and O–H groups in total. The Hall–Kier alpha value is -0.380. The molecule has 19 heavy (non-hydrogen) atoms. The molecule has 2 unspecified atom stereocenters. The van der Waals surface area contributed by atoms with Gasteiger partial charge in [-0.05, 0) is 46.1 Å². The fraction of sp³-hybridized carbons (Fsp3) is 0.875. The fourth-order valence-corrected chi connectivity index (χ4v) is 3.23.